The first-order chi connectivity index (χ1) is 10.1. The Bertz CT molecular complexity index is 511. The molecular formula is C16H21ClN2O2. The average Bonchev–Trinajstić information content (AvgIpc) is 2.49. The predicted molar refractivity (Wildman–Crippen MR) is 85.9 cm³/mol. The molecule has 0 N–H and O–H groups in total. The van der Waals surface area contributed by atoms with Gasteiger partial charge in [-0.05, 0) is 19.1 Å². The number of ether oxygens (including phenoxy) is 1. The summed E-state index contributed by atoms with van der Waals surface area (Å²) in [5, 5.41) is 0.780. The molecule has 4 nitrogen and oxygen atoms in total. The van der Waals surface area contributed by atoms with E-state index in [0.717, 1.165) is 36.9 Å². The standard InChI is InChI=1S/C16H21ClN2O2/c1-3-21-16(20)13(2)12-18-8-10-19(11-9-18)15-7-5-4-6-14(15)17/h4-7H,2-3,8-12H2,1H3. The molecule has 1 aliphatic rings. The number of halogens is 1. The second kappa shape index (κ2) is 7.48. The number of para-hydroxylation sites is 1. The molecule has 1 aromatic rings. The minimum atomic E-state index is -0.300. The average molecular weight is 309 g/mol. The molecule has 2 rings (SSSR count). The number of rotatable bonds is 5. The summed E-state index contributed by atoms with van der Waals surface area (Å²) in [5.74, 6) is -0.300. The summed E-state index contributed by atoms with van der Waals surface area (Å²) >= 11 is 6.22. The third-order valence-corrected chi connectivity index (χ3v) is 3.86. The number of hydrogen-bond donors (Lipinski definition) is 0. The Morgan fingerprint density at radius 3 is 2.57 bits per heavy atom. The molecule has 1 fully saturated rings. The SMILES string of the molecule is C=C(CN1CCN(c2ccccc2Cl)CC1)C(=O)OCC. The molecular weight excluding hydrogens is 288 g/mol. The van der Waals surface area contributed by atoms with Gasteiger partial charge < -0.3 is 9.64 Å². The lowest BCUT2D eigenvalue weighted by molar-refractivity contribution is -0.138. The molecule has 0 aliphatic carbocycles. The van der Waals surface area contributed by atoms with Crippen molar-refractivity contribution in [3.8, 4) is 0 Å². The molecule has 0 atom stereocenters. The maximum Gasteiger partial charge on any atom is 0.334 e. The normalized spacial score (nSPS) is 15.8. The summed E-state index contributed by atoms with van der Waals surface area (Å²) in [5.41, 5.74) is 1.59. The van der Waals surface area contributed by atoms with Crippen LogP contribution >= 0.6 is 11.6 Å². The lowest BCUT2D eigenvalue weighted by atomic mass is 10.2. The number of carbonyl (C=O) groups is 1. The van der Waals surface area contributed by atoms with Gasteiger partial charge in [0.1, 0.15) is 0 Å². The summed E-state index contributed by atoms with van der Waals surface area (Å²) in [6.07, 6.45) is 0. The van der Waals surface area contributed by atoms with E-state index < -0.39 is 0 Å². The zero-order valence-corrected chi connectivity index (χ0v) is 13.1. The van der Waals surface area contributed by atoms with E-state index in [-0.39, 0.29) is 5.97 Å². The van der Waals surface area contributed by atoms with Gasteiger partial charge in [0.15, 0.2) is 0 Å². The first-order valence-electron chi connectivity index (χ1n) is 7.18. The molecule has 0 saturated carbocycles. The van der Waals surface area contributed by atoms with Crippen LogP contribution in [0.25, 0.3) is 0 Å². The Hall–Kier alpha value is -1.52. The Labute approximate surface area is 130 Å². The number of esters is 1. The van der Waals surface area contributed by atoms with Crippen molar-refractivity contribution in [1.82, 2.24) is 4.90 Å². The molecule has 114 valence electrons. The fourth-order valence-electron chi connectivity index (χ4n) is 2.42. The smallest absolute Gasteiger partial charge is 0.334 e. The first-order valence-corrected chi connectivity index (χ1v) is 7.56. The van der Waals surface area contributed by atoms with Crippen molar-refractivity contribution >= 4 is 23.3 Å². The summed E-state index contributed by atoms with van der Waals surface area (Å²) in [6, 6.07) is 7.88. The minimum absolute atomic E-state index is 0.300. The van der Waals surface area contributed by atoms with Gasteiger partial charge in [0.25, 0.3) is 0 Å². The number of anilines is 1. The molecule has 21 heavy (non-hydrogen) atoms. The number of nitrogens with zero attached hydrogens (tertiary/aromatic N) is 2. The molecule has 0 spiro atoms. The summed E-state index contributed by atoms with van der Waals surface area (Å²) in [6.45, 7) is 10.1. The first kappa shape index (κ1) is 15.9. The Morgan fingerprint density at radius 2 is 1.95 bits per heavy atom. The van der Waals surface area contributed by atoms with Gasteiger partial charge in [-0.2, -0.15) is 0 Å². The fraction of sp³-hybridized carbons (Fsp3) is 0.438. The second-order valence-electron chi connectivity index (χ2n) is 5.04. The highest BCUT2D eigenvalue weighted by Gasteiger charge is 2.20. The molecule has 0 aromatic heterocycles. The van der Waals surface area contributed by atoms with Crippen molar-refractivity contribution in [2.45, 2.75) is 6.92 Å². The summed E-state index contributed by atoms with van der Waals surface area (Å²) in [7, 11) is 0. The van der Waals surface area contributed by atoms with Gasteiger partial charge in [0.05, 0.1) is 17.3 Å². The summed E-state index contributed by atoms with van der Waals surface area (Å²) in [4.78, 5) is 16.1. The van der Waals surface area contributed by atoms with Crippen molar-refractivity contribution < 1.29 is 9.53 Å². The largest absolute Gasteiger partial charge is 0.463 e. The van der Waals surface area contributed by atoms with Gasteiger partial charge >= 0.3 is 5.97 Å². The van der Waals surface area contributed by atoms with Crippen molar-refractivity contribution in [3.63, 3.8) is 0 Å². The highest BCUT2D eigenvalue weighted by atomic mass is 35.5. The zero-order chi connectivity index (χ0) is 15.2. The molecule has 1 saturated heterocycles. The van der Waals surface area contributed by atoms with Crippen LogP contribution in [0.1, 0.15) is 6.92 Å². The van der Waals surface area contributed by atoms with Gasteiger partial charge in [-0.1, -0.05) is 30.3 Å². The maximum atomic E-state index is 11.6. The molecule has 0 amide bonds. The van der Waals surface area contributed by atoms with Crippen LogP contribution in [-0.4, -0.2) is 50.2 Å². The highest BCUT2D eigenvalue weighted by molar-refractivity contribution is 6.33. The van der Waals surface area contributed by atoms with E-state index in [9.17, 15) is 4.79 Å². The molecule has 1 heterocycles. The molecule has 1 aliphatic heterocycles. The molecule has 0 unspecified atom stereocenters. The Balaban J connectivity index is 1.85. The Kier molecular flexibility index (Phi) is 5.65. The topological polar surface area (TPSA) is 32.8 Å². The van der Waals surface area contributed by atoms with E-state index >= 15 is 0 Å². The fourth-order valence-corrected chi connectivity index (χ4v) is 2.68. The third kappa shape index (κ3) is 4.22. The van der Waals surface area contributed by atoms with Crippen molar-refractivity contribution in [2.24, 2.45) is 0 Å². The Morgan fingerprint density at radius 1 is 1.29 bits per heavy atom. The van der Waals surface area contributed by atoms with Crippen LogP contribution in [-0.2, 0) is 9.53 Å². The van der Waals surface area contributed by atoms with Crippen LogP contribution < -0.4 is 4.90 Å². The van der Waals surface area contributed by atoms with Crippen molar-refractivity contribution in [3.05, 3.63) is 41.4 Å². The number of piperazine rings is 1. The lowest BCUT2D eigenvalue weighted by Gasteiger charge is -2.36. The van der Waals surface area contributed by atoms with E-state index in [4.69, 9.17) is 16.3 Å². The van der Waals surface area contributed by atoms with E-state index in [0.29, 0.717) is 18.7 Å². The van der Waals surface area contributed by atoms with Crippen molar-refractivity contribution in [1.29, 1.82) is 0 Å². The molecule has 5 heteroatoms. The minimum Gasteiger partial charge on any atom is -0.463 e. The number of carbonyl (C=O) groups excluding carboxylic acids is 1. The monoisotopic (exact) mass is 308 g/mol. The number of hydrogen-bond acceptors (Lipinski definition) is 4. The van der Waals surface area contributed by atoms with Gasteiger partial charge in [0.2, 0.25) is 0 Å². The van der Waals surface area contributed by atoms with E-state index in [1.807, 2.05) is 24.3 Å². The third-order valence-electron chi connectivity index (χ3n) is 3.54. The summed E-state index contributed by atoms with van der Waals surface area (Å²) < 4.78 is 4.96. The van der Waals surface area contributed by atoms with Crippen LogP contribution in [0.3, 0.4) is 0 Å². The molecule has 1 aromatic carbocycles. The molecule has 0 bridgehead atoms. The quantitative estimate of drug-likeness (QED) is 0.618. The maximum absolute atomic E-state index is 11.6. The molecule has 0 radical (unpaired) electrons. The number of benzene rings is 1. The van der Waals surface area contributed by atoms with E-state index in [1.165, 1.54) is 0 Å². The van der Waals surface area contributed by atoms with Crippen LogP contribution in [0.2, 0.25) is 5.02 Å². The van der Waals surface area contributed by atoms with Crippen LogP contribution in [0.4, 0.5) is 5.69 Å². The van der Waals surface area contributed by atoms with Gasteiger partial charge in [-0.3, -0.25) is 4.90 Å². The van der Waals surface area contributed by atoms with Crippen LogP contribution in [0.5, 0.6) is 0 Å². The van der Waals surface area contributed by atoms with E-state index in [1.54, 1.807) is 6.92 Å². The zero-order valence-electron chi connectivity index (χ0n) is 12.3. The predicted octanol–water partition coefficient (Wildman–Crippen LogP) is 2.58. The van der Waals surface area contributed by atoms with Crippen LogP contribution in [0, 0.1) is 0 Å². The van der Waals surface area contributed by atoms with E-state index in [2.05, 4.69) is 16.4 Å². The highest BCUT2D eigenvalue weighted by Crippen LogP contribution is 2.26. The van der Waals surface area contributed by atoms with Gasteiger partial charge in [-0.25, -0.2) is 4.79 Å². The second-order valence-corrected chi connectivity index (χ2v) is 5.45. The van der Waals surface area contributed by atoms with Gasteiger partial charge in [-0.15, -0.1) is 0 Å². The lowest BCUT2D eigenvalue weighted by Crippen LogP contribution is -2.47. The van der Waals surface area contributed by atoms with Gasteiger partial charge in [0, 0.05) is 38.3 Å². The van der Waals surface area contributed by atoms with Crippen molar-refractivity contribution in [2.75, 3.05) is 44.2 Å². The van der Waals surface area contributed by atoms with Crippen LogP contribution in [0.15, 0.2) is 36.4 Å².